The Morgan fingerprint density at radius 2 is 1.86 bits per heavy atom. The van der Waals surface area contributed by atoms with Gasteiger partial charge in [0.25, 0.3) is 0 Å². The molecule has 1 saturated heterocycles. The third-order valence-electron chi connectivity index (χ3n) is 7.93. The van der Waals surface area contributed by atoms with Gasteiger partial charge in [0.2, 0.25) is 5.91 Å². The van der Waals surface area contributed by atoms with Crippen molar-refractivity contribution in [2.24, 2.45) is 0 Å². The number of hydrogen-bond donors (Lipinski definition) is 1. The van der Waals surface area contributed by atoms with Gasteiger partial charge in [-0.3, -0.25) is 9.69 Å². The highest BCUT2D eigenvalue weighted by Gasteiger charge is 2.29. The van der Waals surface area contributed by atoms with Gasteiger partial charge in [-0.2, -0.15) is 5.10 Å². The summed E-state index contributed by atoms with van der Waals surface area (Å²) in [5, 5.41) is 5.73. The lowest BCUT2D eigenvalue weighted by Crippen LogP contribution is -2.40. The number of amides is 1. The highest BCUT2D eigenvalue weighted by molar-refractivity contribution is 5.98. The number of nitrogen functional groups attached to an aromatic ring is 1. The predicted octanol–water partition coefficient (Wildman–Crippen LogP) is 4.70. The molecule has 0 radical (unpaired) electrons. The van der Waals surface area contributed by atoms with E-state index in [-0.39, 0.29) is 11.9 Å². The summed E-state index contributed by atoms with van der Waals surface area (Å²) in [4.78, 5) is 26.3. The van der Waals surface area contributed by atoms with E-state index in [1.165, 1.54) is 19.2 Å². The number of likely N-dealkylation sites (tertiary alicyclic amines) is 1. The predicted molar refractivity (Wildman–Crippen MR) is 162 cm³/mol. The minimum absolute atomic E-state index is 0.0213. The number of hydrogen-bond acceptors (Lipinski definition) is 8. The van der Waals surface area contributed by atoms with E-state index in [0.717, 1.165) is 49.5 Å². The molecule has 0 bridgehead atoms. The SMILES string of the molecule is COCCN(CC=CC(=O)N1CCCC(n2nc(-c3ccc(Oc4ccccc4)cc3)c3c(N)ncnc32)C1)C1CC1. The number of rotatable bonds is 11. The molecule has 218 valence electrons. The molecule has 4 aromatic rings. The smallest absolute Gasteiger partial charge is 0.246 e. The first-order valence-corrected chi connectivity index (χ1v) is 14.6. The zero-order valence-corrected chi connectivity index (χ0v) is 23.9. The van der Waals surface area contributed by atoms with Gasteiger partial charge in [0.15, 0.2) is 5.65 Å². The molecule has 1 aliphatic heterocycles. The van der Waals surface area contributed by atoms with Gasteiger partial charge in [0.1, 0.15) is 29.3 Å². The molecule has 10 heteroatoms. The molecule has 2 N–H and O–H groups in total. The Hall–Kier alpha value is -4.28. The molecular formula is C32H37N7O3. The van der Waals surface area contributed by atoms with Crippen LogP contribution >= 0.6 is 0 Å². The van der Waals surface area contributed by atoms with E-state index >= 15 is 0 Å². The van der Waals surface area contributed by atoms with Crippen molar-refractivity contribution in [2.45, 2.75) is 37.8 Å². The van der Waals surface area contributed by atoms with Crippen molar-refractivity contribution in [1.82, 2.24) is 29.5 Å². The quantitative estimate of drug-likeness (QED) is 0.260. The van der Waals surface area contributed by atoms with Crippen LogP contribution in [0.3, 0.4) is 0 Å². The number of methoxy groups -OCH3 is 1. The topological polar surface area (TPSA) is 112 Å². The second kappa shape index (κ2) is 12.7. The van der Waals surface area contributed by atoms with E-state index in [2.05, 4.69) is 14.9 Å². The lowest BCUT2D eigenvalue weighted by Gasteiger charge is -2.32. The Morgan fingerprint density at radius 3 is 2.62 bits per heavy atom. The first-order valence-electron chi connectivity index (χ1n) is 14.6. The minimum atomic E-state index is -0.0213. The van der Waals surface area contributed by atoms with Gasteiger partial charge in [-0.25, -0.2) is 14.6 Å². The largest absolute Gasteiger partial charge is 0.457 e. The fourth-order valence-corrected chi connectivity index (χ4v) is 5.58. The van der Waals surface area contributed by atoms with Crippen LogP contribution in [0.25, 0.3) is 22.3 Å². The Balaban J connectivity index is 1.19. The van der Waals surface area contributed by atoms with Crippen LogP contribution in [0.4, 0.5) is 5.82 Å². The standard InChI is InChI=1S/C32H37N7O3/c1-41-20-19-37(24-13-14-24)17-6-10-28(40)38-18-5-7-25(21-38)39-32-29(31(33)34-22-35-32)30(36-39)23-11-15-27(16-12-23)42-26-8-3-2-4-9-26/h2-4,6,8-12,15-16,22,24-25H,5,7,13-14,17-21H2,1H3,(H2,33,34,35). The zero-order chi connectivity index (χ0) is 28.9. The van der Waals surface area contributed by atoms with Crippen molar-refractivity contribution >= 4 is 22.8 Å². The Morgan fingerprint density at radius 1 is 1.07 bits per heavy atom. The monoisotopic (exact) mass is 567 g/mol. The number of nitrogens with zero attached hydrogens (tertiary/aromatic N) is 6. The fraction of sp³-hybridized carbons (Fsp3) is 0.375. The summed E-state index contributed by atoms with van der Waals surface area (Å²) in [7, 11) is 1.72. The van der Waals surface area contributed by atoms with Gasteiger partial charge < -0.3 is 20.1 Å². The number of ether oxygens (including phenoxy) is 2. The third-order valence-corrected chi connectivity index (χ3v) is 7.93. The summed E-state index contributed by atoms with van der Waals surface area (Å²) >= 11 is 0. The summed E-state index contributed by atoms with van der Waals surface area (Å²) in [6.45, 7) is 3.63. The molecule has 0 spiro atoms. The number of fused-ring (bicyclic) bond motifs is 1. The number of anilines is 1. The molecule has 2 aromatic carbocycles. The zero-order valence-electron chi connectivity index (χ0n) is 23.9. The molecule has 1 aliphatic carbocycles. The lowest BCUT2D eigenvalue weighted by atomic mass is 10.1. The van der Waals surface area contributed by atoms with Crippen LogP contribution in [0.1, 0.15) is 31.7 Å². The van der Waals surface area contributed by atoms with Crippen LogP contribution < -0.4 is 10.5 Å². The maximum Gasteiger partial charge on any atom is 0.246 e. The van der Waals surface area contributed by atoms with E-state index in [0.29, 0.717) is 41.7 Å². The summed E-state index contributed by atoms with van der Waals surface area (Å²) < 4.78 is 13.1. The van der Waals surface area contributed by atoms with Crippen LogP contribution in [0, 0.1) is 0 Å². The summed E-state index contributed by atoms with van der Waals surface area (Å²) in [6, 6.07) is 18.0. The van der Waals surface area contributed by atoms with E-state index < -0.39 is 0 Å². The first-order chi connectivity index (χ1) is 20.6. The second-order valence-electron chi connectivity index (χ2n) is 10.9. The van der Waals surface area contributed by atoms with E-state index in [9.17, 15) is 4.79 Å². The fourth-order valence-electron chi connectivity index (χ4n) is 5.58. The van der Waals surface area contributed by atoms with Crippen molar-refractivity contribution in [3.05, 3.63) is 73.1 Å². The average molecular weight is 568 g/mol. The third kappa shape index (κ3) is 6.29. The maximum atomic E-state index is 13.2. The minimum Gasteiger partial charge on any atom is -0.457 e. The number of nitrogens with two attached hydrogens (primary N) is 1. The van der Waals surface area contributed by atoms with Crippen molar-refractivity contribution in [3.8, 4) is 22.8 Å². The summed E-state index contributed by atoms with van der Waals surface area (Å²) in [5.41, 5.74) is 8.65. The molecular weight excluding hydrogens is 530 g/mol. The van der Waals surface area contributed by atoms with Gasteiger partial charge in [-0.1, -0.05) is 24.3 Å². The molecule has 2 fully saturated rings. The Labute approximate surface area is 245 Å². The van der Waals surface area contributed by atoms with E-state index in [4.69, 9.17) is 20.3 Å². The molecule has 3 heterocycles. The number of aromatic nitrogens is 4. The Bertz CT molecular complexity index is 1530. The van der Waals surface area contributed by atoms with Crippen molar-refractivity contribution in [2.75, 3.05) is 45.6 Å². The van der Waals surface area contributed by atoms with E-state index in [1.54, 1.807) is 13.2 Å². The average Bonchev–Trinajstić information content (AvgIpc) is 3.79. The molecule has 1 unspecified atom stereocenters. The van der Waals surface area contributed by atoms with Crippen LogP contribution in [0.2, 0.25) is 0 Å². The van der Waals surface area contributed by atoms with Crippen molar-refractivity contribution < 1.29 is 14.3 Å². The molecule has 2 aromatic heterocycles. The number of carbonyl (C=O) groups excluding carboxylic acids is 1. The lowest BCUT2D eigenvalue weighted by molar-refractivity contribution is -0.127. The molecule has 6 rings (SSSR count). The van der Waals surface area contributed by atoms with Crippen LogP contribution in [0.15, 0.2) is 73.1 Å². The number of piperidine rings is 1. The number of benzene rings is 2. The highest BCUT2D eigenvalue weighted by Crippen LogP contribution is 2.35. The summed E-state index contributed by atoms with van der Waals surface area (Å²) in [5.74, 6) is 1.91. The molecule has 2 aliphatic rings. The molecule has 42 heavy (non-hydrogen) atoms. The molecule has 1 saturated carbocycles. The molecule has 10 nitrogen and oxygen atoms in total. The van der Waals surface area contributed by atoms with E-state index in [1.807, 2.05) is 70.3 Å². The van der Waals surface area contributed by atoms with Gasteiger partial charge in [0.05, 0.1) is 18.0 Å². The van der Waals surface area contributed by atoms with Crippen molar-refractivity contribution in [3.63, 3.8) is 0 Å². The Kier molecular flexibility index (Phi) is 8.43. The van der Waals surface area contributed by atoms with Crippen LogP contribution in [0.5, 0.6) is 11.5 Å². The first kappa shape index (κ1) is 27.9. The van der Waals surface area contributed by atoms with Gasteiger partial charge in [-0.15, -0.1) is 0 Å². The molecule has 1 amide bonds. The number of para-hydroxylation sites is 1. The highest BCUT2D eigenvalue weighted by atomic mass is 16.5. The summed E-state index contributed by atoms with van der Waals surface area (Å²) in [6.07, 6.45) is 9.40. The van der Waals surface area contributed by atoms with Crippen molar-refractivity contribution in [1.29, 1.82) is 0 Å². The van der Waals surface area contributed by atoms with Crippen LogP contribution in [-0.4, -0.2) is 81.4 Å². The number of carbonyl (C=O) groups is 1. The van der Waals surface area contributed by atoms with Gasteiger partial charge in [-0.05, 0) is 62.1 Å². The van der Waals surface area contributed by atoms with Gasteiger partial charge in [0, 0.05) is 51.0 Å². The maximum absolute atomic E-state index is 13.2. The molecule has 1 atom stereocenters. The van der Waals surface area contributed by atoms with Crippen LogP contribution in [-0.2, 0) is 9.53 Å². The van der Waals surface area contributed by atoms with Gasteiger partial charge >= 0.3 is 0 Å². The second-order valence-corrected chi connectivity index (χ2v) is 10.9. The normalized spacial score (nSPS) is 17.4.